The van der Waals surface area contributed by atoms with Gasteiger partial charge in [0, 0.05) is 29.7 Å². The number of aryl methyl sites for hydroxylation is 1. The lowest BCUT2D eigenvalue weighted by Gasteiger charge is -2.31. The molecular weight excluding hydrogens is 306 g/mol. The quantitative estimate of drug-likeness (QED) is 0.845. The van der Waals surface area contributed by atoms with E-state index in [1.807, 2.05) is 0 Å². The third-order valence-corrected chi connectivity index (χ3v) is 5.77. The van der Waals surface area contributed by atoms with Crippen molar-refractivity contribution in [2.45, 2.75) is 46.3 Å². The van der Waals surface area contributed by atoms with E-state index in [-0.39, 0.29) is 7.43 Å². The summed E-state index contributed by atoms with van der Waals surface area (Å²) in [5.74, 6) is 0. The third kappa shape index (κ3) is 2.83. The lowest BCUT2D eigenvalue weighted by atomic mass is 10.0. The Labute approximate surface area is 142 Å². The lowest BCUT2D eigenvalue weighted by molar-refractivity contribution is 0.0305. The van der Waals surface area contributed by atoms with Crippen molar-refractivity contribution in [3.63, 3.8) is 0 Å². The summed E-state index contributed by atoms with van der Waals surface area (Å²) in [4.78, 5) is 7.21. The Morgan fingerprint density at radius 2 is 1.91 bits per heavy atom. The number of nitrogens with zero attached hydrogens (tertiary/aromatic N) is 2. The first-order valence-corrected chi connectivity index (χ1v) is 8.72. The number of thiazole rings is 1. The molecule has 0 radical (unpaired) electrons. The predicted molar refractivity (Wildman–Crippen MR) is 98.3 cm³/mol. The van der Waals surface area contributed by atoms with Crippen LogP contribution in [0.3, 0.4) is 0 Å². The molecule has 1 aromatic heterocycles. The van der Waals surface area contributed by atoms with E-state index >= 15 is 0 Å². The summed E-state index contributed by atoms with van der Waals surface area (Å²) < 4.78 is 5.90. The molecule has 2 fully saturated rings. The molecule has 0 saturated carbocycles. The van der Waals surface area contributed by atoms with Crippen LogP contribution in [0.1, 0.15) is 31.4 Å². The van der Waals surface area contributed by atoms with E-state index in [0.29, 0.717) is 12.2 Å². The van der Waals surface area contributed by atoms with Gasteiger partial charge in [-0.15, -0.1) is 11.3 Å². The lowest BCUT2D eigenvalue weighted by Crippen LogP contribution is -2.42. The SMILES string of the molecule is C.Cc1ccc(-c2csc(N3CC4CCC(C3)O4)n2)c(N)c1C. The van der Waals surface area contributed by atoms with Gasteiger partial charge in [0.25, 0.3) is 0 Å². The van der Waals surface area contributed by atoms with E-state index in [2.05, 4.69) is 36.3 Å². The van der Waals surface area contributed by atoms with Gasteiger partial charge in [0.1, 0.15) is 0 Å². The minimum Gasteiger partial charge on any atom is -0.398 e. The second-order valence-electron chi connectivity index (χ2n) is 6.35. The molecule has 4 rings (SSSR count). The molecule has 2 unspecified atom stereocenters. The number of fused-ring (bicyclic) bond motifs is 2. The number of anilines is 2. The van der Waals surface area contributed by atoms with Crippen molar-refractivity contribution in [3.8, 4) is 11.3 Å². The molecule has 2 saturated heterocycles. The molecule has 124 valence electrons. The largest absolute Gasteiger partial charge is 0.398 e. The van der Waals surface area contributed by atoms with Crippen molar-refractivity contribution in [2.24, 2.45) is 0 Å². The van der Waals surface area contributed by atoms with Crippen molar-refractivity contribution >= 4 is 22.2 Å². The molecule has 0 spiro atoms. The Morgan fingerprint density at radius 3 is 2.61 bits per heavy atom. The molecule has 2 aliphatic rings. The van der Waals surface area contributed by atoms with Crippen LogP contribution in [0.25, 0.3) is 11.3 Å². The van der Waals surface area contributed by atoms with E-state index < -0.39 is 0 Å². The molecule has 0 aliphatic carbocycles. The normalized spacial score (nSPS) is 23.0. The second-order valence-corrected chi connectivity index (χ2v) is 7.18. The number of hydrogen-bond donors (Lipinski definition) is 1. The second kappa shape index (κ2) is 6.13. The van der Waals surface area contributed by atoms with Gasteiger partial charge in [0.15, 0.2) is 5.13 Å². The summed E-state index contributed by atoms with van der Waals surface area (Å²) in [5.41, 5.74) is 11.5. The number of ether oxygens (including phenoxy) is 1. The molecule has 2 bridgehead atoms. The fourth-order valence-electron chi connectivity index (χ4n) is 3.37. The summed E-state index contributed by atoms with van der Waals surface area (Å²) in [6, 6.07) is 4.20. The van der Waals surface area contributed by atoms with Crippen LogP contribution >= 0.6 is 11.3 Å². The number of benzene rings is 1. The fourth-order valence-corrected chi connectivity index (χ4v) is 4.21. The summed E-state index contributed by atoms with van der Waals surface area (Å²) in [5, 5.41) is 3.21. The summed E-state index contributed by atoms with van der Waals surface area (Å²) in [6.45, 7) is 6.09. The van der Waals surface area contributed by atoms with Crippen molar-refractivity contribution in [1.29, 1.82) is 0 Å². The number of morpholine rings is 1. The minimum atomic E-state index is 0. The molecule has 3 heterocycles. The van der Waals surface area contributed by atoms with Gasteiger partial charge in [0.05, 0.1) is 17.9 Å². The van der Waals surface area contributed by atoms with Crippen LogP contribution in [0, 0.1) is 13.8 Å². The summed E-state index contributed by atoms with van der Waals surface area (Å²) >= 11 is 1.71. The highest BCUT2D eigenvalue weighted by Gasteiger charge is 2.34. The topological polar surface area (TPSA) is 51.4 Å². The van der Waals surface area contributed by atoms with E-state index in [0.717, 1.165) is 40.7 Å². The molecule has 23 heavy (non-hydrogen) atoms. The third-order valence-electron chi connectivity index (χ3n) is 4.87. The van der Waals surface area contributed by atoms with Gasteiger partial charge in [-0.2, -0.15) is 0 Å². The van der Waals surface area contributed by atoms with E-state index in [1.54, 1.807) is 11.3 Å². The minimum absolute atomic E-state index is 0. The van der Waals surface area contributed by atoms with Crippen LogP contribution in [-0.4, -0.2) is 30.3 Å². The van der Waals surface area contributed by atoms with Crippen molar-refractivity contribution in [2.75, 3.05) is 23.7 Å². The summed E-state index contributed by atoms with van der Waals surface area (Å²) in [6.07, 6.45) is 3.14. The molecule has 5 heteroatoms. The Hall–Kier alpha value is -1.59. The van der Waals surface area contributed by atoms with Gasteiger partial charge in [-0.1, -0.05) is 19.6 Å². The van der Waals surface area contributed by atoms with Gasteiger partial charge >= 0.3 is 0 Å². The van der Waals surface area contributed by atoms with Crippen LogP contribution in [0.15, 0.2) is 17.5 Å². The van der Waals surface area contributed by atoms with Crippen molar-refractivity contribution < 1.29 is 4.74 Å². The first-order valence-electron chi connectivity index (χ1n) is 7.84. The monoisotopic (exact) mass is 331 g/mol. The zero-order valence-electron chi connectivity index (χ0n) is 13.0. The van der Waals surface area contributed by atoms with Crippen molar-refractivity contribution in [3.05, 3.63) is 28.6 Å². The maximum Gasteiger partial charge on any atom is 0.186 e. The van der Waals surface area contributed by atoms with Gasteiger partial charge in [0.2, 0.25) is 0 Å². The number of aromatic nitrogens is 1. The highest BCUT2D eigenvalue weighted by atomic mass is 32.1. The standard InChI is InChI=1S/C17H21N3OS.CH4/c1-10-3-6-14(16(18)11(10)2)15-9-22-17(19-15)20-7-12-4-5-13(8-20)21-12;/h3,6,9,12-13H,4-5,7-8,18H2,1-2H3;1H4. The molecular formula is C18H25N3OS. The number of nitrogens with two attached hydrogens (primary N) is 1. The smallest absolute Gasteiger partial charge is 0.186 e. The predicted octanol–water partition coefficient (Wildman–Crippen LogP) is 4.01. The van der Waals surface area contributed by atoms with Crippen LogP contribution in [0.5, 0.6) is 0 Å². The molecule has 2 aromatic rings. The van der Waals surface area contributed by atoms with Crippen LogP contribution in [-0.2, 0) is 4.74 Å². The average molecular weight is 331 g/mol. The zero-order valence-corrected chi connectivity index (χ0v) is 13.8. The maximum atomic E-state index is 6.29. The Balaban J connectivity index is 0.00000156. The fraction of sp³-hybridized carbons (Fsp3) is 0.500. The molecule has 1 aromatic carbocycles. The number of hydrogen-bond acceptors (Lipinski definition) is 5. The van der Waals surface area contributed by atoms with Crippen LogP contribution in [0.2, 0.25) is 0 Å². The summed E-state index contributed by atoms with van der Waals surface area (Å²) in [7, 11) is 0. The molecule has 2 atom stereocenters. The maximum absolute atomic E-state index is 6.29. The molecule has 0 amide bonds. The van der Waals surface area contributed by atoms with Gasteiger partial charge in [-0.25, -0.2) is 4.98 Å². The Bertz CT molecular complexity index is 700. The molecule has 4 nitrogen and oxygen atoms in total. The highest BCUT2D eigenvalue weighted by molar-refractivity contribution is 7.14. The average Bonchev–Trinajstić information content (AvgIpc) is 3.12. The first kappa shape index (κ1) is 16.3. The van der Waals surface area contributed by atoms with Gasteiger partial charge in [-0.05, 0) is 37.8 Å². The first-order chi connectivity index (χ1) is 10.6. The van der Waals surface area contributed by atoms with E-state index in [9.17, 15) is 0 Å². The molecule has 2 N–H and O–H groups in total. The van der Waals surface area contributed by atoms with Crippen LogP contribution in [0.4, 0.5) is 10.8 Å². The van der Waals surface area contributed by atoms with Gasteiger partial charge < -0.3 is 15.4 Å². The highest BCUT2D eigenvalue weighted by Crippen LogP contribution is 2.36. The van der Waals surface area contributed by atoms with E-state index in [1.165, 1.54) is 18.4 Å². The number of rotatable bonds is 2. The van der Waals surface area contributed by atoms with E-state index in [4.69, 9.17) is 15.5 Å². The van der Waals surface area contributed by atoms with Gasteiger partial charge in [-0.3, -0.25) is 0 Å². The Kier molecular flexibility index (Phi) is 4.34. The van der Waals surface area contributed by atoms with Crippen molar-refractivity contribution in [1.82, 2.24) is 4.98 Å². The Morgan fingerprint density at radius 1 is 1.22 bits per heavy atom. The number of nitrogen functional groups attached to an aromatic ring is 1. The van der Waals surface area contributed by atoms with Crippen LogP contribution < -0.4 is 10.6 Å². The molecule has 2 aliphatic heterocycles. The zero-order chi connectivity index (χ0) is 15.3.